The molecule has 186 valence electrons. The van der Waals surface area contributed by atoms with Gasteiger partial charge in [0.1, 0.15) is 22.6 Å². The lowest BCUT2D eigenvalue weighted by molar-refractivity contribution is -0.109. The van der Waals surface area contributed by atoms with Crippen molar-refractivity contribution in [2.45, 2.75) is 109 Å². The van der Waals surface area contributed by atoms with Crippen LogP contribution in [-0.4, -0.2) is 49.2 Å². The zero-order valence-electron chi connectivity index (χ0n) is 22.3. The van der Waals surface area contributed by atoms with E-state index in [1.165, 1.54) is 11.8 Å². The highest BCUT2D eigenvalue weighted by atomic mass is 32.2. The van der Waals surface area contributed by atoms with Crippen LogP contribution in [0.15, 0.2) is 30.3 Å². The molecule has 0 bridgehead atoms. The van der Waals surface area contributed by atoms with E-state index in [4.69, 9.17) is 21.1 Å². The van der Waals surface area contributed by atoms with Gasteiger partial charge in [0.05, 0.1) is 0 Å². The molecule has 0 spiro atoms. The van der Waals surface area contributed by atoms with E-state index < -0.39 is 16.6 Å². The van der Waals surface area contributed by atoms with Gasteiger partial charge in [-0.15, -0.1) is 0 Å². The number of nitrogens with zero attached hydrogens (tertiary/aromatic N) is 1. The van der Waals surface area contributed by atoms with Gasteiger partial charge < -0.3 is 13.8 Å². The average molecular weight is 526 g/mol. The predicted molar refractivity (Wildman–Crippen MR) is 151 cm³/mol. The van der Waals surface area contributed by atoms with Crippen molar-refractivity contribution in [2.75, 3.05) is 0 Å². The van der Waals surface area contributed by atoms with E-state index in [0.717, 1.165) is 10.6 Å². The summed E-state index contributed by atoms with van der Waals surface area (Å²) in [6.45, 7) is 24.7. The van der Waals surface area contributed by atoms with Crippen molar-refractivity contribution in [3.63, 3.8) is 0 Å². The molecule has 0 saturated carbocycles. The number of hydrogen-bond donors (Lipinski definition) is 0. The molecule has 0 aliphatic carbocycles. The van der Waals surface area contributed by atoms with Crippen molar-refractivity contribution >= 4 is 50.7 Å². The van der Waals surface area contributed by atoms with Crippen LogP contribution in [0.4, 0.5) is 0 Å². The topological polar surface area (TPSA) is 38.8 Å². The molecule has 1 aliphatic rings. The molecule has 0 amide bonds. The lowest BCUT2D eigenvalue weighted by Gasteiger charge is -2.43. The largest absolute Gasteiger partial charge is 0.408 e. The van der Waals surface area contributed by atoms with Crippen LogP contribution in [-0.2, 0) is 20.2 Å². The maximum absolute atomic E-state index is 12.4. The number of likely N-dealkylation sites (tertiary alicyclic amines) is 1. The monoisotopic (exact) mass is 525 g/mol. The molecule has 1 aromatic carbocycles. The maximum Gasteiger partial charge on any atom is 0.193 e. The summed E-state index contributed by atoms with van der Waals surface area (Å²) in [4.78, 5) is 15.3. The normalized spacial score (nSPS) is 22.7. The van der Waals surface area contributed by atoms with Gasteiger partial charge in [-0.05, 0) is 41.8 Å². The second-order valence-corrected chi connectivity index (χ2v) is 23.3. The minimum atomic E-state index is -2.15. The Labute approximate surface area is 213 Å². The number of rotatable bonds is 7. The minimum Gasteiger partial charge on any atom is -0.408 e. The van der Waals surface area contributed by atoms with Crippen LogP contribution in [0, 0.1) is 0 Å². The minimum absolute atomic E-state index is 0.0361. The van der Waals surface area contributed by atoms with Crippen LogP contribution < -0.4 is 0 Å². The van der Waals surface area contributed by atoms with E-state index in [9.17, 15) is 4.79 Å². The highest BCUT2D eigenvalue weighted by Crippen LogP contribution is 2.45. The molecule has 2 rings (SSSR count). The van der Waals surface area contributed by atoms with Gasteiger partial charge in [0, 0.05) is 13.5 Å². The van der Waals surface area contributed by atoms with Crippen LogP contribution in [0.3, 0.4) is 0 Å². The second-order valence-electron chi connectivity index (χ2n) is 12.1. The zero-order chi connectivity index (χ0) is 25.4. The fourth-order valence-electron chi connectivity index (χ4n) is 3.25. The van der Waals surface area contributed by atoms with Crippen molar-refractivity contribution in [3.05, 3.63) is 35.9 Å². The summed E-state index contributed by atoms with van der Waals surface area (Å²) < 4.78 is 14.0. The summed E-state index contributed by atoms with van der Waals surface area (Å²) in [7, 11) is -4.29. The summed E-state index contributed by atoms with van der Waals surface area (Å²) in [6.07, 6.45) is -0.624. The molecule has 33 heavy (non-hydrogen) atoms. The van der Waals surface area contributed by atoms with Gasteiger partial charge in [0.2, 0.25) is 0 Å². The first-order valence-electron chi connectivity index (χ1n) is 11.7. The average Bonchev–Trinajstić information content (AvgIpc) is 2.85. The van der Waals surface area contributed by atoms with E-state index >= 15 is 0 Å². The highest BCUT2D eigenvalue weighted by Gasteiger charge is 2.54. The number of thioether (sulfide) groups is 1. The molecule has 1 aliphatic heterocycles. The molecular weight excluding hydrogens is 483 g/mol. The molecule has 3 atom stereocenters. The third-order valence-electron chi connectivity index (χ3n) is 7.36. The zero-order valence-corrected chi connectivity index (χ0v) is 25.9. The lowest BCUT2D eigenvalue weighted by Crippen LogP contribution is -2.53. The number of carbonyl (C=O) groups is 1. The van der Waals surface area contributed by atoms with Crippen LogP contribution in [0.25, 0.3) is 0 Å². The molecule has 0 aromatic heterocycles. The van der Waals surface area contributed by atoms with Crippen LogP contribution in [0.1, 0.15) is 54.0 Å². The molecule has 4 nitrogen and oxygen atoms in total. The van der Waals surface area contributed by atoms with Crippen molar-refractivity contribution in [3.8, 4) is 0 Å². The maximum atomic E-state index is 12.4. The molecule has 8 heteroatoms. The number of carbonyl (C=O) groups excluding carboxylic acids is 1. The van der Waals surface area contributed by atoms with E-state index in [1.54, 1.807) is 6.92 Å². The van der Waals surface area contributed by atoms with Gasteiger partial charge in [0.25, 0.3) is 0 Å². The lowest BCUT2D eigenvalue weighted by atomic mass is 10.2. The molecule has 0 radical (unpaired) electrons. The van der Waals surface area contributed by atoms with Gasteiger partial charge in [-0.1, -0.05) is 95.9 Å². The van der Waals surface area contributed by atoms with Crippen molar-refractivity contribution in [1.82, 2.24) is 4.90 Å². The third-order valence-corrected chi connectivity index (χ3v) is 17.9. The molecule has 0 unspecified atom stereocenters. The predicted octanol–water partition coefficient (Wildman–Crippen LogP) is 7.22. The third kappa shape index (κ3) is 6.79. The Bertz CT molecular complexity index is 847. The van der Waals surface area contributed by atoms with Gasteiger partial charge in [0.15, 0.2) is 21.8 Å². The van der Waals surface area contributed by atoms with Crippen molar-refractivity contribution in [2.24, 2.45) is 0 Å². The van der Waals surface area contributed by atoms with E-state index in [1.807, 2.05) is 18.2 Å². The van der Waals surface area contributed by atoms with Gasteiger partial charge in [-0.2, -0.15) is 0 Å². The highest BCUT2D eigenvalue weighted by molar-refractivity contribution is 8.14. The van der Waals surface area contributed by atoms with Crippen LogP contribution >= 0.6 is 24.0 Å². The van der Waals surface area contributed by atoms with Gasteiger partial charge >= 0.3 is 0 Å². The summed E-state index contributed by atoms with van der Waals surface area (Å²) in [6, 6.07) is 10.3. The Balaban J connectivity index is 2.54. The van der Waals surface area contributed by atoms with Gasteiger partial charge in [-0.3, -0.25) is 4.79 Å². The Morgan fingerprint density at radius 3 is 1.91 bits per heavy atom. The van der Waals surface area contributed by atoms with E-state index in [0.29, 0.717) is 6.54 Å². The smallest absolute Gasteiger partial charge is 0.193 e. The Morgan fingerprint density at radius 1 is 0.970 bits per heavy atom. The summed E-state index contributed by atoms with van der Waals surface area (Å²) >= 11 is 7.40. The van der Waals surface area contributed by atoms with E-state index in [2.05, 4.69) is 84.8 Å². The Hall–Kier alpha value is -0.516. The van der Waals surface area contributed by atoms with Crippen molar-refractivity contribution < 1.29 is 13.6 Å². The fraction of sp³-hybridized carbons (Fsp3) is 0.680. The van der Waals surface area contributed by atoms with Crippen LogP contribution in [0.5, 0.6) is 0 Å². The Morgan fingerprint density at radius 2 is 1.45 bits per heavy atom. The number of thiocarbonyl (C=S) groups is 1. The molecule has 1 aromatic rings. The summed E-state index contributed by atoms with van der Waals surface area (Å²) in [5.41, 5.74) is 1.16. The van der Waals surface area contributed by atoms with Crippen molar-refractivity contribution in [1.29, 1.82) is 0 Å². The second kappa shape index (κ2) is 10.2. The van der Waals surface area contributed by atoms with E-state index in [-0.39, 0.29) is 32.8 Å². The standard InChI is InChI=1S/C25H43NO3S2Si2/c1-18(27)31-23-21(29-33(10,11)25(5,6)7)20(28-32(8,9)24(2,3)4)22(30)26(23)17-19-15-13-12-14-16-19/h12-16,20-21,23H,17H2,1-11H3/t20-,21-,23-/m0/s1. The first-order valence-corrected chi connectivity index (χ1v) is 18.8. The van der Waals surface area contributed by atoms with Gasteiger partial charge in [-0.25, -0.2) is 0 Å². The Kier molecular flexibility index (Phi) is 8.90. The first-order chi connectivity index (χ1) is 14.9. The molecule has 1 saturated heterocycles. The fourth-order valence-corrected chi connectivity index (χ4v) is 7.37. The summed E-state index contributed by atoms with van der Waals surface area (Å²) in [5, 5.41) is -0.0639. The van der Waals surface area contributed by atoms with Crippen LogP contribution in [0.2, 0.25) is 36.3 Å². The number of benzene rings is 1. The quantitative estimate of drug-likeness (QED) is 0.276. The molecule has 0 N–H and O–H groups in total. The summed E-state index contributed by atoms with van der Waals surface area (Å²) in [5.74, 6) is 0. The molecule has 1 heterocycles. The SMILES string of the molecule is CC(=O)S[C@H]1[C@@H](O[Si](C)(C)C(C)(C)C)[C@H](O[Si](C)(C)C(C)(C)C)C(=S)N1Cc1ccccc1. The molecule has 1 fully saturated rings. The molecular formula is C25H43NO3S2Si2. The first kappa shape index (κ1) is 28.7. The number of hydrogen-bond acceptors (Lipinski definition) is 5.